The summed E-state index contributed by atoms with van der Waals surface area (Å²) < 4.78 is 5.42. The van der Waals surface area contributed by atoms with Gasteiger partial charge in [0.15, 0.2) is 28.8 Å². The third-order valence-electron chi connectivity index (χ3n) is 3.45. The van der Waals surface area contributed by atoms with Crippen molar-refractivity contribution in [3.8, 4) is 28.7 Å². The molecule has 116 valence electrons. The van der Waals surface area contributed by atoms with Crippen molar-refractivity contribution in [2.75, 3.05) is 0 Å². The number of ether oxygens (including phenoxy) is 1. The molecule has 0 unspecified atom stereocenters. The second kappa shape index (κ2) is 5.10. The van der Waals surface area contributed by atoms with Gasteiger partial charge in [0.05, 0.1) is 5.56 Å². The van der Waals surface area contributed by atoms with E-state index in [-0.39, 0.29) is 34.1 Å². The van der Waals surface area contributed by atoms with E-state index in [2.05, 4.69) is 6.58 Å². The Morgan fingerprint density at radius 2 is 1.74 bits per heavy atom. The molecule has 1 aliphatic rings. The zero-order chi connectivity index (χ0) is 16.7. The minimum atomic E-state index is -0.488. The van der Waals surface area contributed by atoms with Crippen molar-refractivity contribution in [2.45, 2.75) is 0 Å². The molecule has 2 aromatic rings. The number of benzene rings is 2. The molecule has 0 radical (unpaired) electrons. The zero-order valence-corrected chi connectivity index (χ0v) is 11.8. The van der Waals surface area contributed by atoms with Gasteiger partial charge in [0.1, 0.15) is 5.75 Å². The van der Waals surface area contributed by atoms with E-state index in [0.29, 0.717) is 5.56 Å². The van der Waals surface area contributed by atoms with Crippen LogP contribution in [0, 0.1) is 0 Å². The maximum atomic E-state index is 12.5. The van der Waals surface area contributed by atoms with Crippen LogP contribution in [0.5, 0.6) is 28.7 Å². The topological polar surface area (TPSA) is 107 Å². The largest absolute Gasteiger partial charge is 0.504 e. The van der Waals surface area contributed by atoms with Gasteiger partial charge < -0.3 is 25.2 Å². The first-order valence-electron chi connectivity index (χ1n) is 6.60. The lowest BCUT2D eigenvalue weighted by atomic mass is 10.0. The van der Waals surface area contributed by atoms with E-state index in [4.69, 9.17) is 4.74 Å². The van der Waals surface area contributed by atoms with Crippen molar-refractivity contribution >= 4 is 17.9 Å². The highest BCUT2D eigenvalue weighted by Gasteiger charge is 2.32. The zero-order valence-electron chi connectivity index (χ0n) is 11.8. The van der Waals surface area contributed by atoms with Crippen molar-refractivity contribution in [2.24, 2.45) is 0 Å². The Labute approximate surface area is 130 Å². The number of Topliss-reactive ketones (excluding diaryl/α,β-unsaturated/α-hetero) is 1. The monoisotopic (exact) mass is 312 g/mol. The lowest BCUT2D eigenvalue weighted by molar-refractivity contribution is 0.101. The molecule has 23 heavy (non-hydrogen) atoms. The minimum Gasteiger partial charge on any atom is -0.504 e. The quantitative estimate of drug-likeness (QED) is 0.502. The van der Waals surface area contributed by atoms with Gasteiger partial charge in [-0.1, -0.05) is 18.7 Å². The molecule has 0 saturated carbocycles. The number of fused-ring (bicyclic) bond motifs is 1. The molecule has 2 aromatic carbocycles. The molecule has 4 N–H and O–H groups in total. The van der Waals surface area contributed by atoms with Gasteiger partial charge in [0, 0.05) is 11.6 Å². The van der Waals surface area contributed by atoms with Crippen LogP contribution in [0.4, 0.5) is 0 Å². The molecule has 0 aliphatic carbocycles. The molecule has 0 bridgehead atoms. The van der Waals surface area contributed by atoms with E-state index in [1.54, 1.807) is 0 Å². The molecule has 6 nitrogen and oxygen atoms in total. The van der Waals surface area contributed by atoms with Gasteiger partial charge in [-0.05, 0) is 23.8 Å². The lowest BCUT2D eigenvalue weighted by Gasteiger charge is -2.05. The van der Waals surface area contributed by atoms with E-state index >= 15 is 0 Å². The number of carbonyl (C=O) groups is 1. The van der Waals surface area contributed by atoms with Crippen LogP contribution in [0.25, 0.3) is 12.2 Å². The highest BCUT2D eigenvalue weighted by atomic mass is 16.5. The van der Waals surface area contributed by atoms with Crippen molar-refractivity contribution in [3.05, 3.63) is 53.3 Å². The van der Waals surface area contributed by atoms with Crippen LogP contribution in [-0.4, -0.2) is 26.2 Å². The van der Waals surface area contributed by atoms with Crippen molar-refractivity contribution < 1.29 is 30.0 Å². The average Bonchev–Trinajstić information content (AvgIpc) is 2.81. The molecule has 0 atom stereocenters. The summed E-state index contributed by atoms with van der Waals surface area (Å²) in [6, 6.07) is 5.18. The predicted molar refractivity (Wildman–Crippen MR) is 82.6 cm³/mol. The van der Waals surface area contributed by atoms with Crippen molar-refractivity contribution in [1.82, 2.24) is 0 Å². The summed E-state index contributed by atoms with van der Waals surface area (Å²) in [7, 11) is 0. The summed E-state index contributed by atoms with van der Waals surface area (Å²) in [5, 5.41) is 38.2. The maximum Gasteiger partial charge on any atom is 0.232 e. The molecule has 0 saturated heterocycles. The fourth-order valence-electron chi connectivity index (χ4n) is 2.33. The van der Waals surface area contributed by atoms with Crippen LogP contribution in [0.1, 0.15) is 21.5 Å². The fraction of sp³-hybridized carbons (Fsp3) is 0. The van der Waals surface area contributed by atoms with Gasteiger partial charge in [-0.25, -0.2) is 0 Å². The lowest BCUT2D eigenvalue weighted by Crippen LogP contribution is -1.99. The summed E-state index contributed by atoms with van der Waals surface area (Å²) in [6.07, 6.45) is 2.63. The SMILES string of the molecule is C=Cc1c(O)c(O)cc2c1C(=O)/C(=C/c1ccc(O)c(O)c1)O2. The first kappa shape index (κ1) is 14.5. The number of hydrogen-bond acceptors (Lipinski definition) is 6. The number of phenols is 4. The Kier molecular flexibility index (Phi) is 3.22. The summed E-state index contributed by atoms with van der Waals surface area (Å²) >= 11 is 0. The second-order valence-corrected chi connectivity index (χ2v) is 4.92. The number of allylic oxidation sites excluding steroid dienone is 1. The Balaban J connectivity index is 2.09. The highest BCUT2D eigenvalue weighted by molar-refractivity contribution is 6.17. The van der Waals surface area contributed by atoms with Gasteiger partial charge in [0.25, 0.3) is 0 Å². The highest BCUT2D eigenvalue weighted by Crippen LogP contribution is 2.44. The van der Waals surface area contributed by atoms with Crippen LogP contribution in [0.2, 0.25) is 0 Å². The first-order valence-corrected chi connectivity index (χ1v) is 6.60. The van der Waals surface area contributed by atoms with E-state index in [1.807, 2.05) is 0 Å². The van der Waals surface area contributed by atoms with E-state index in [1.165, 1.54) is 30.4 Å². The minimum absolute atomic E-state index is 0.0433. The third-order valence-corrected chi connectivity index (χ3v) is 3.45. The molecule has 0 spiro atoms. The molecular weight excluding hydrogens is 300 g/mol. The molecule has 3 rings (SSSR count). The third kappa shape index (κ3) is 2.26. The normalized spacial score (nSPS) is 14.6. The molecule has 1 aliphatic heterocycles. The second-order valence-electron chi connectivity index (χ2n) is 4.92. The van der Waals surface area contributed by atoms with Gasteiger partial charge in [-0.15, -0.1) is 0 Å². The Hall–Kier alpha value is -3.41. The van der Waals surface area contributed by atoms with Crippen LogP contribution in [0.3, 0.4) is 0 Å². The summed E-state index contributed by atoms with van der Waals surface area (Å²) in [4.78, 5) is 12.5. The molecule has 0 fully saturated rings. The molecule has 0 amide bonds. The summed E-state index contributed by atoms with van der Waals surface area (Å²) in [5.74, 6) is -1.90. The van der Waals surface area contributed by atoms with Crippen LogP contribution in [0.15, 0.2) is 36.6 Å². The van der Waals surface area contributed by atoms with Gasteiger partial charge in [-0.2, -0.15) is 0 Å². The number of hydrogen-bond donors (Lipinski definition) is 4. The number of ketones is 1. The summed E-state index contributed by atoms with van der Waals surface area (Å²) in [6.45, 7) is 3.52. The summed E-state index contributed by atoms with van der Waals surface area (Å²) in [5.41, 5.74) is 0.622. The fourth-order valence-corrected chi connectivity index (χ4v) is 2.33. The van der Waals surface area contributed by atoms with Gasteiger partial charge in [-0.3, -0.25) is 4.79 Å². The predicted octanol–water partition coefficient (Wildman–Crippen LogP) is 2.77. The van der Waals surface area contributed by atoms with Gasteiger partial charge in [0.2, 0.25) is 5.78 Å². The van der Waals surface area contributed by atoms with Crippen LogP contribution in [-0.2, 0) is 0 Å². The number of aromatic hydroxyl groups is 4. The smallest absolute Gasteiger partial charge is 0.232 e. The Bertz CT molecular complexity index is 879. The average molecular weight is 312 g/mol. The van der Waals surface area contributed by atoms with E-state index < -0.39 is 17.3 Å². The number of phenolic OH excluding ortho intramolecular Hbond substituents is 4. The Morgan fingerprint density at radius 1 is 1.00 bits per heavy atom. The standard InChI is InChI=1S/C17H12O6/c1-2-9-15-13(7-12(20)16(9)21)23-14(17(15)22)6-8-3-4-10(18)11(19)5-8/h2-7,18-21H,1H2/b14-6-. The Morgan fingerprint density at radius 3 is 2.39 bits per heavy atom. The van der Waals surface area contributed by atoms with Crippen LogP contribution >= 0.6 is 0 Å². The molecule has 6 heteroatoms. The molecule has 1 heterocycles. The number of carbonyl (C=O) groups excluding carboxylic acids is 1. The van der Waals surface area contributed by atoms with Crippen molar-refractivity contribution in [3.63, 3.8) is 0 Å². The maximum absolute atomic E-state index is 12.5. The van der Waals surface area contributed by atoms with E-state index in [0.717, 1.165) is 6.07 Å². The molecular formula is C17H12O6. The number of rotatable bonds is 2. The first-order chi connectivity index (χ1) is 10.9. The van der Waals surface area contributed by atoms with E-state index in [9.17, 15) is 25.2 Å². The van der Waals surface area contributed by atoms with Crippen LogP contribution < -0.4 is 4.74 Å². The molecule has 0 aromatic heterocycles. The van der Waals surface area contributed by atoms with Crippen molar-refractivity contribution in [1.29, 1.82) is 0 Å². The van der Waals surface area contributed by atoms with Gasteiger partial charge >= 0.3 is 0 Å².